The fraction of sp³-hybridized carbons (Fsp3) is 0.459. The summed E-state index contributed by atoms with van der Waals surface area (Å²) >= 11 is 0. The number of hydrogen-bond donors (Lipinski definition) is 2. The van der Waals surface area contributed by atoms with E-state index in [1.165, 1.54) is 4.90 Å². The number of carboxylic acid groups (broad SMARTS) is 1. The highest BCUT2D eigenvalue weighted by atomic mass is 16.5. The number of anilines is 1. The zero-order chi connectivity index (χ0) is 33.2. The minimum absolute atomic E-state index is 0.000558. The number of carbonyl (C=O) groups excluding carboxylic acids is 1. The number of benzene rings is 3. The Morgan fingerprint density at radius 3 is 2.57 bits per heavy atom. The molecule has 0 saturated carbocycles. The molecule has 10 nitrogen and oxygen atoms in total. The molecule has 252 valence electrons. The van der Waals surface area contributed by atoms with Crippen molar-refractivity contribution >= 4 is 17.7 Å². The maximum atomic E-state index is 12.1. The smallest absolute Gasteiger partial charge is 0.407 e. The Bertz CT molecular complexity index is 1490. The van der Waals surface area contributed by atoms with Gasteiger partial charge in [0.1, 0.15) is 5.75 Å². The zero-order valence-corrected chi connectivity index (χ0v) is 27.5. The third-order valence-electron chi connectivity index (χ3n) is 8.89. The van der Waals surface area contributed by atoms with Gasteiger partial charge in [-0.05, 0) is 79.1 Å². The summed E-state index contributed by atoms with van der Waals surface area (Å²) < 4.78 is 29.6. The van der Waals surface area contributed by atoms with Crippen molar-refractivity contribution in [3.63, 3.8) is 0 Å². The minimum Gasteiger partial charge on any atom is -0.493 e. The molecule has 1 saturated heterocycles. The van der Waals surface area contributed by atoms with Crippen LogP contribution in [0, 0.1) is 6.92 Å². The number of piperidine rings is 1. The van der Waals surface area contributed by atoms with Gasteiger partial charge in [0.25, 0.3) is 0 Å². The lowest BCUT2D eigenvalue weighted by Gasteiger charge is -2.39. The van der Waals surface area contributed by atoms with Gasteiger partial charge in [0.15, 0.2) is 11.5 Å². The van der Waals surface area contributed by atoms with Gasteiger partial charge in [0, 0.05) is 44.7 Å². The molecule has 1 fully saturated rings. The molecule has 3 atom stereocenters. The Kier molecular flexibility index (Phi) is 12.0. The van der Waals surface area contributed by atoms with Gasteiger partial charge < -0.3 is 39.0 Å². The van der Waals surface area contributed by atoms with Crippen LogP contribution in [0.2, 0.25) is 0 Å². The quantitative estimate of drug-likeness (QED) is 0.174. The first-order valence-corrected chi connectivity index (χ1v) is 16.4. The molecule has 10 heteroatoms. The lowest BCUT2D eigenvalue weighted by atomic mass is 9.86. The minimum atomic E-state index is -0.946. The lowest BCUT2D eigenvalue weighted by molar-refractivity contribution is -0.116. The summed E-state index contributed by atoms with van der Waals surface area (Å²) in [7, 11) is 3.31. The van der Waals surface area contributed by atoms with Gasteiger partial charge in [-0.15, -0.1) is 0 Å². The molecule has 47 heavy (non-hydrogen) atoms. The van der Waals surface area contributed by atoms with Gasteiger partial charge in [0.05, 0.1) is 39.1 Å². The Morgan fingerprint density at radius 1 is 1.00 bits per heavy atom. The predicted molar refractivity (Wildman–Crippen MR) is 179 cm³/mol. The van der Waals surface area contributed by atoms with Crippen LogP contribution >= 0.6 is 0 Å². The molecule has 0 aliphatic carbocycles. The second-order valence-electron chi connectivity index (χ2n) is 12.1. The maximum absolute atomic E-state index is 12.1. The first-order valence-electron chi connectivity index (χ1n) is 16.4. The molecule has 2 amide bonds. The molecule has 0 aromatic heterocycles. The van der Waals surface area contributed by atoms with E-state index in [2.05, 4.69) is 29.6 Å². The van der Waals surface area contributed by atoms with Crippen LogP contribution < -0.4 is 19.5 Å². The van der Waals surface area contributed by atoms with E-state index in [0.717, 1.165) is 51.6 Å². The molecule has 0 spiro atoms. The summed E-state index contributed by atoms with van der Waals surface area (Å²) in [5, 5.41) is 12.8. The fourth-order valence-electron chi connectivity index (χ4n) is 6.34. The third kappa shape index (κ3) is 8.96. The molecule has 5 rings (SSSR count). The number of aryl methyl sites for hydroxylation is 2. The standard InChI is InChI=1S/C37H46N2O8/c1-25-7-4-8-33(44-3)36(25)46-22-6-21-45-29-15-12-26(13-16-29)30-18-19-39(37(41)42)24-34(30)47-32(9-5-20-43-2)28-11-10-27-14-17-35(40)38-31(27)23-28/h4,7-8,10-13,15-16,23,30,32,34H,5-6,9,14,17-22,24H2,1-3H3,(H,38,40)(H,41,42). The highest BCUT2D eigenvalue weighted by molar-refractivity contribution is 5.94. The molecule has 3 aromatic carbocycles. The molecule has 2 N–H and O–H groups in total. The Hall–Kier alpha value is -4.28. The molecule has 2 aliphatic heterocycles. The van der Waals surface area contributed by atoms with Crippen LogP contribution in [-0.2, 0) is 20.7 Å². The van der Waals surface area contributed by atoms with Crippen molar-refractivity contribution < 1.29 is 38.4 Å². The van der Waals surface area contributed by atoms with Crippen LogP contribution in [0.15, 0.2) is 60.7 Å². The predicted octanol–water partition coefficient (Wildman–Crippen LogP) is 6.76. The van der Waals surface area contributed by atoms with Gasteiger partial charge in [-0.25, -0.2) is 4.79 Å². The summed E-state index contributed by atoms with van der Waals surface area (Å²) in [6, 6.07) is 20.0. The summed E-state index contributed by atoms with van der Waals surface area (Å²) in [5.41, 5.74) is 4.99. The number of para-hydroxylation sites is 1. The highest BCUT2D eigenvalue weighted by Crippen LogP contribution is 2.37. The normalized spacial score (nSPS) is 18.2. The second-order valence-corrected chi connectivity index (χ2v) is 12.1. The van der Waals surface area contributed by atoms with Gasteiger partial charge in [-0.3, -0.25) is 4.79 Å². The van der Waals surface area contributed by atoms with Crippen LogP contribution in [0.4, 0.5) is 10.5 Å². The molecule has 3 aromatic rings. The van der Waals surface area contributed by atoms with Crippen molar-refractivity contribution in [1.29, 1.82) is 0 Å². The van der Waals surface area contributed by atoms with E-state index in [-0.39, 0.29) is 30.6 Å². The van der Waals surface area contributed by atoms with E-state index >= 15 is 0 Å². The van der Waals surface area contributed by atoms with Crippen LogP contribution in [0.5, 0.6) is 17.2 Å². The first-order chi connectivity index (χ1) is 22.9. The molecule has 2 aliphatic rings. The Morgan fingerprint density at radius 2 is 1.81 bits per heavy atom. The molecule has 0 bridgehead atoms. The number of amides is 2. The number of likely N-dealkylation sites (tertiary alicyclic amines) is 1. The fourth-order valence-corrected chi connectivity index (χ4v) is 6.34. The number of hydrogen-bond acceptors (Lipinski definition) is 7. The topological polar surface area (TPSA) is 116 Å². The van der Waals surface area contributed by atoms with Crippen molar-refractivity contribution in [2.45, 2.75) is 63.6 Å². The highest BCUT2D eigenvalue weighted by Gasteiger charge is 2.35. The van der Waals surface area contributed by atoms with Gasteiger partial charge in [-0.2, -0.15) is 0 Å². The number of nitrogens with one attached hydrogen (secondary N) is 1. The van der Waals surface area contributed by atoms with Crippen molar-refractivity contribution in [2.24, 2.45) is 0 Å². The number of methoxy groups -OCH3 is 2. The number of nitrogens with zero attached hydrogens (tertiary/aromatic N) is 1. The summed E-state index contributed by atoms with van der Waals surface area (Å²) in [6.07, 6.45) is 2.42. The van der Waals surface area contributed by atoms with Crippen LogP contribution in [-0.4, -0.2) is 75.2 Å². The van der Waals surface area contributed by atoms with E-state index in [1.54, 1.807) is 14.2 Å². The van der Waals surface area contributed by atoms with E-state index < -0.39 is 6.09 Å². The first kappa shape index (κ1) is 34.1. The van der Waals surface area contributed by atoms with E-state index in [1.807, 2.05) is 43.3 Å². The zero-order valence-electron chi connectivity index (χ0n) is 27.5. The number of rotatable bonds is 15. The van der Waals surface area contributed by atoms with E-state index in [0.29, 0.717) is 58.5 Å². The van der Waals surface area contributed by atoms with Gasteiger partial charge in [-0.1, -0.05) is 36.4 Å². The second kappa shape index (κ2) is 16.5. The summed E-state index contributed by atoms with van der Waals surface area (Å²) in [6.45, 7) is 4.29. The van der Waals surface area contributed by atoms with Crippen LogP contribution in [0.1, 0.15) is 66.4 Å². The van der Waals surface area contributed by atoms with Crippen molar-refractivity contribution in [3.05, 3.63) is 82.9 Å². The maximum Gasteiger partial charge on any atom is 0.407 e. The average Bonchev–Trinajstić information content (AvgIpc) is 3.08. The van der Waals surface area contributed by atoms with E-state index in [4.69, 9.17) is 23.7 Å². The largest absolute Gasteiger partial charge is 0.493 e. The summed E-state index contributed by atoms with van der Waals surface area (Å²) in [4.78, 5) is 25.5. The number of carbonyl (C=O) groups is 2. The third-order valence-corrected chi connectivity index (χ3v) is 8.89. The molecular formula is C37H46N2O8. The Balaban J connectivity index is 1.24. The average molecular weight is 647 g/mol. The van der Waals surface area contributed by atoms with Gasteiger partial charge in [0.2, 0.25) is 5.91 Å². The molecule has 2 heterocycles. The van der Waals surface area contributed by atoms with Crippen molar-refractivity contribution in [1.82, 2.24) is 4.90 Å². The van der Waals surface area contributed by atoms with Crippen molar-refractivity contribution in [2.75, 3.05) is 52.4 Å². The SMILES string of the molecule is COCCCC(OC1CN(C(=O)O)CCC1c1ccc(OCCCOc2c(C)cccc2OC)cc1)c1ccc2c(c1)NC(=O)CC2. The number of fused-ring (bicyclic) bond motifs is 1. The van der Waals surface area contributed by atoms with Crippen LogP contribution in [0.3, 0.4) is 0 Å². The lowest BCUT2D eigenvalue weighted by Crippen LogP contribution is -2.46. The summed E-state index contributed by atoms with van der Waals surface area (Å²) in [5.74, 6) is 2.25. The number of ether oxygens (including phenoxy) is 5. The van der Waals surface area contributed by atoms with E-state index in [9.17, 15) is 14.7 Å². The van der Waals surface area contributed by atoms with Crippen LogP contribution in [0.25, 0.3) is 0 Å². The van der Waals surface area contributed by atoms with Crippen molar-refractivity contribution in [3.8, 4) is 17.2 Å². The molecular weight excluding hydrogens is 600 g/mol. The monoisotopic (exact) mass is 646 g/mol. The van der Waals surface area contributed by atoms with Gasteiger partial charge >= 0.3 is 6.09 Å². The molecule has 0 radical (unpaired) electrons. The Labute approximate surface area is 276 Å². The molecule has 3 unspecified atom stereocenters.